The minimum atomic E-state index is -3.71. The van der Waals surface area contributed by atoms with Crippen LogP contribution in [0.5, 0.6) is 11.5 Å². The molecule has 1 aliphatic heterocycles. The van der Waals surface area contributed by atoms with Crippen molar-refractivity contribution in [1.29, 1.82) is 0 Å². The summed E-state index contributed by atoms with van der Waals surface area (Å²) in [4.78, 5) is 15.5. The lowest BCUT2D eigenvalue weighted by Gasteiger charge is -2.39. The fourth-order valence-electron chi connectivity index (χ4n) is 5.71. The van der Waals surface area contributed by atoms with Crippen molar-refractivity contribution in [3.63, 3.8) is 0 Å². The Morgan fingerprint density at radius 3 is 1.77 bits per heavy atom. The zero-order chi connectivity index (χ0) is 32.5. The van der Waals surface area contributed by atoms with Gasteiger partial charge < -0.3 is 14.8 Å². The van der Waals surface area contributed by atoms with Gasteiger partial charge in [0.15, 0.2) is 0 Å². The molecule has 0 spiro atoms. The highest BCUT2D eigenvalue weighted by Gasteiger charge is 2.32. The first-order valence-electron chi connectivity index (χ1n) is 15.6. The third-order valence-electron chi connectivity index (χ3n) is 8.08. The van der Waals surface area contributed by atoms with E-state index in [9.17, 15) is 13.2 Å². The number of ether oxygens (including phenoxy) is 2. The van der Waals surface area contributed by atoms with Gasteiger partial charge in [-0.3, -0.25) is 9.69 Å². The summed E-state index contributed by atoms with van der Waals surface area (Å²) < 4.78 is 40.1. The van der Waals surface area contributed by atoms with Crippen LogP contribution in [0, 0.1) is 0 Å². The van der Waals surface area contributed by atoms with E-state index in [4.69, 9.17) is 9.47 Å². The summed E-state index contributed by atoms with van der Waals surface area (Å²) in [5, 5.41) is 2.85. The van der Waals surface area contributed by atoms with Crippen LogP contribution >= 0.6 is 0 Å². The number of nitrogens with one attached hydrogen (secondary N) is 1. The van der Waals surface area contributed by atoms with Crippen molar-refractivity contribution in [2.45, 2.75) is 10.9 Å². The number of rotatable bonds is 12. The van der Waals surface area contributed by atoms with E-state index in [0.29, 0.717) is 56.4 Å². The number of hydrogen-bond donors (Lipinski definition) is 1. The molecule has 0 bridgehead atoms. The number of hydrogen-bond acceptors (Lipinski definition) is 6. The minimum Gasteiger partial charge on any atom is -0.490 e. The SMILES string of the molecule is O=C(Nc1ccc(S(=O)(=O)N2CCN(C(c3ccccc3)c3ccccc3)CC2)cc1)c1cccc(OCCOc2ccccc2)c1. The molecule has 1 aliphatic rings. The van der Waals surface area contributed by atoms with Crippen molar-refractivity contribution >= 4 is 21.6 Å². The second kappa shape index (κ2) is 15.1. The zero-order valence-corrected chi connectivity index (χ0v) is 26.8. The van der Waals surface area contributed by atoms with Crippen LogP contribution in [-0.4, -0.2) is 62.9 Å². The number of carbonyl (C=O) groups is 1. The quantitative estimate of drug-likeness (QED) is 0.156. The van der Waals surface area contributed by atoms with Gasteiger partial charge in [0.25, 0.3) is 5.91 Å². The van der Waals surface area contributed by atoms with Crippen LogP contribution in [0.3, 0.4) is 0 Å². The third-order valence-corrected chi connectivity index (χ3v) is 9.99. The van der Waals surface area contributed by atoms with Crippen molar-refractivity contribution < 1.29 is 22.7 Å². The maximum atomic E-state index is 13.6. The summed E-state index contributed by atoms with van der Waals surface area (Å²) in [5.74, 6) is 0.991. The van der Waals surface area contributed by atoms with Crippen LogP contribution in [0.15, 0.2) is 144 Å². The average molecular weight is 648 g/mol. The molecule has 5 aromatic carbocycles. The molecule has 8 nitrogen and oxygen atoms in total. The number of benzene rings is 5. The number of carbonyl (C=O) groups excluding carboxylic acids is 1. The second-order valence-electron chi connectivity index (χ2n) is 11.2. The van der Waals surface area contributed by atoms with Crippen molar-refractivity contribution in [2.24, 2.45) is 0 Å². The van der Waals surface area contributed by atoms with E-state index in [1.54, 1.807) is 52.8 Å². The normalized spacial score (nSPS) is 14.1. The Morgan fingerprint density at radius 1 is 0.638 bits per heavy atom. The van der Waals surface area contributed by atoms with E-state index in [2.05, 4.69) is 34.5 Å². The highest BCUT2D eigenvalue weighted by atomic mass is 32.2. The summed E-state index contributed by atoms with van der Waals surface area (Å²) in [7, 11) is -3.71. The molecule has 1 saturated heterocycles. The second-order valence-corrected chi connectivity index (χ2v) is 13.1. The van der Waals surface area contributed by atoms with Crippen LogP contribution in [0.1, 0.15) is 27.5 Å². The lowest BCUT2D eigenvalue weighted by atomic mass is 9.96. The topological polar surface area (TPSA) is 88.2 Å². The molecule has 47 heavy (non-hydrogen) atoms. The first kappa shape index (κ1) is 32.0. The van der Waals surface area contributed by atoms with Crippen LogP contribution < -0.4 is 14.8 Å². The van der Waals surface area contributed by atoms with E-state index in [0.717, 1.165) is 5.75 Å². The average Bonchev–Trinajstić information content (AvgIpc) is 3.12. The Balaban J connectivity index is 1.04. The zero-order valence-electron chi connectivity index (χ0n) is 25.9. The highest BCUT2D eigenvalue weighted by molar-refractivity contribution is 7.89. The molecule has 5 aromatic rings. The molecule has 0 saturated carbocycles. The van der Waals surface area contributed by atoms with Gasteiger partial charge in [-0.05, 0) is 65.7 Å². The van der Waals surface area contributed by atoms with Gasteiger partial charge in [-0.25, -0.2) is 8.42 Å². The van der Waals surface area contributed by atoms with Crippen LogP contribution in [-0.2, 0) is 10.0 Å². The standard InChI is InChI=1S/C38H37N3O5S/c42-38(32-15-10-18-35(29-32)46-28-27-45-34-16-8-3-9-17-34)39-33-19-21-36(22-20-33)47(43,44)41-25-23-40(24-26-41)37(30-11-4-1-5-12-30)31-13-6-2-7-14-31/h1-22,29,37H,23-28H2,(H,39,42). The van der Waals surface area contributed by atoms with Crippen LogP contribution in [0.25, 0.3) is 0 Å². The fraction of sp³-hybridized carbons (Fsp3) is 0.184. The van der Waals surface area contributed by atoms with E-state index in [1.807, 2.05) is 66.7 Å². The molecule has 0 atom stereocenters. The molecule has 6 rings (SSSR count). The highest BCUT2D eigenvalue weighted by Crippen LogP contribution is 2.30. The summed E-state index contributed by atoms with van der Waals surface area (Å²) in [6, 6.07) is 43.4. The van der Waals surface area contributed by atoms with E-state index >= 15 is 0 Å². The van der Waals surface area contributed by atoms with Crippen LogP contribution in [0.4, 0.5) is 5.69 Å². The number of anilines is 1. The summed E-state index contributed by atoms with van der Waals surface area (Å²) in [5.41, 5.74) is 3.28. The van der Waals surface area contributed by atoms with Crippen molar-refractivity contribution in [1.82, 2.24) is 9.21 Å². The predicted octanol–water partition coefficient (Wildman–Crippen LogP) is 6.49. The Hall–Kier alpha value is -4.96. The van der Waals surface area contributed by atoms with Gasteiger partial charge in [0.05, 0.1) is 10.9 Å². The van der Waals surface area contributed by atoms with Gasteiger partial charge in [0.2, 0.25) is 10.0 Å². The number of para-hydroxylation sites is 1. The summed E-state index contributed by atoms with van der Waals surface area (Å²) >= 11 is 0. The van der Waals surface area contributed by atoms with Gasteiger partial charge in [-0.15, -0.1) is 0 Å². The lowest BCUT2D eigenvalue weighted by molar-refractivity contribution is 0.102. The predicted molar refractivity (Wildman–Crippen MR) is 183 cm³/mol. The van der Waals surface area contributed by atoms with Gasteiger partial charge in [-0.2, -0.15) is 4.31 Å². The third kappa shape index (κ3) is 8.07. The number of piperazine rings is 1. The Kier molecular flexibility index (Phi) is 10.3. The van der Waals surface area contributed by atoms with Gasteiger partial charge in [0, 0.05) is 37.4 Å². The molecule has 0 unspecified atom stereocenters. The van der Waals surface area contributed by atoms with Crippen LogP contribution in [0.2, 0.25) is 0 Å². The molecule has 1 N–H and O–H groups in total. The van der Waals surface area contributed by atoms with Crippen molar-refractivity contribution in [2.75, 3.05) is 44.7 Å². The summed E-state index contributed by atoms with van der Waals surface area (Å²) in [6.45, 7) is 2.66. The van der Waals surface area contributed by atoms with E-state index < -0.39 is 10.0 Å². The molecule has 1 amide bonds. The minimum absolute atomic E-state index is 0.0473. The maximum absolute atomic E-state index is 13.6. The monoisotopic (exact) mass is 647 g/mol. The Morgan fingerprint density at radius 2 is 1.17 bits per heavy atom. The first-order chi connectivity index (χ1) is 23.0. The molecular weight excluding hydrogens is 611 g/mol. The molecule has 0 radical (unpaired) electrons. The van der Waals surface area contributed by atoms with Crippen molar-refractivity contribution in [3.8, 4) is 11.5 Å². The Bertz CT molecular complexity index is 1810. The number of nitrogens with zero attached hydrogens (tertiary/aromatic N) is 2. The molecule has 0 aliphatic carbocycles. The number of amides is 1. The first-order valence-corrected chi connectivity index (χ1v) is 17.1. The Labute approximate surface area is 276 Å². The van der Waals surface area contributed by atoms with E-state index in [-0.39, 0.29) is 16.8 Å². The number of sulfonamides is 1. The molecule has 9 heteroatoms. The largest absolute Gasteiger partial charge is 0.490 e. The van der Waals surface area contributed by atoms with Gasteiger partial charge in [-0.1, -0.05) is 84.9 Å². The summed E-state index contributed by atoms with van der Waals surface area (Å²) in [6.07, 6.45) is 0. The molecule has 0 aromatic heterocycles. The molecule has 1 fully saturated rings. The molecular formula is C38H37N3O5S. The smallest absolute Gasteiger partial charge is 0.255 e. The van der Waals surface area contributed by atoms with Crippen molar-refractivity contribution in [3.05, 3.63) is 156 Å². The fourth-order valence-corrected chi connectivity index (χ4v) is 7.13. The van der Waals surface area contributed by atoms with Gasteiger partial charge >= 0.3 is 0 Å². The lowest BCUT2D eigenvalue weighted by Crippen LogP contribution is -2.49. The molecule has 1 heterocycles. The maximum Gasteiger partial charge on any atom is 0.255 e. The molecule has 240 valence electrons. The van der Waals surface area contributed by atoms with Gasteiger partial charge in [0.1, 0.15) is 24.7 Å². The van der Waals surface area contributed by atoms with E-state index in [1.165, 1.54) is 11.1 Å².